The van der Waals surface area contributed by atoms with Gasteiger partial charge in [-0.05, 0) is 61.3 Å². The fourth-order valence-corrected chi connectivity index (χ4v) is 7.85. The van der Waals surface area contributed by atoms with E-state index in [1.807, 2.05) is 0 Å². The van der Waals surface area contributed by atoms with Gasteiger partial charge in [-0.15, -0.1) is 11.3 Å². The average molecular weight is 632 g/mol. The summed E-state index contributed by atoms with van der Waals surface area (Å²) in [6.45, 7) is 0.766. The van der Waals surface area contributed by atoms with E-state index < -0.39 is 31.5 Å². The van der Waals surface area contributed by atoms with Crippen molar-refractivity contribution >= 4 is 46.7 Å². The van der Waals surface area contributed by atoms with Crippen LogP contribution in [-0.4, -0.2) is 78.1 Å². The second-order valence-electron chi connectivity index (χ2n) is 11.5. The first-order valence-electron chi connectivity index (χ1n) is 14.1. The Balaban J connectivity index is 1.14. The van der Waals surface area contributed by atoms with Crippen LogP contribution in [0.4, 0.5) is 4.39 Å². The van der Waals surface area contributed by atoms with E-state index in [1.165, 1.54) is 35.2 Å². The van der Waals surface area contributed by atoms with Crippen LogP contribution in [-0.2, 0) is 21.2 Å². The SMILES string of the molecule is Cn1cncc(C2CN(C(=O)[C@@H]3CC[C@@H]4CCC[C@H](NC(=O)c5cc6cc(C(F)P(=O)(O)O)ccc6s5)C(=O)N43)C2)c1=O. The maximum Gasteiger partial charge on any atom is 0.363 e. The first kappa shape index (κ1) is 29.6. The van der Waals surface area contributed by atoms with Gasteiger partial charge in [-0.1, -0.05) is 6.07 Å². The molecule has 6 rings (SSSR count). The number of nitrogens with zero attached hydrogens (tertiary/aromatic N) is 4. The summed E-state index contributed by atoms with van der Waals surface area (Å²) in [4.78, 5) is 79.0. The van der Waals surface area contributed by atoms with Crippen molar-refractivity contribution in [3.63, 3.8) is 0 Å². The number of carbonyl (C=O) groups excluding carboxylic acids is 3. The normalized spacial score (nSPS) is 23.5. The minimum absolute atomic E-state index is 0.0866. The van der Waals surface area contributed by atoms with Crippen LogP contribution in [0.5, 0.6) is 0 Å². The molecule has 0 aliphatic carbocycles. The van der Waals surface area contributed by atoms with E-state index in [1.54, 1.807) is 23.0 Å². The summed E-state index contributed by atoms with van der Waals surface area (Å²) in [6.07, 6.45) is 6.08. The van der Waals surface area contributed by atoms with Crippen LogP contribution < -0.4 is 10.9 Å². The molecule has 3 saturated heterocycles. The van der Waals surface area contributed by atoms with Crippen molar-refractivity contribution in [2.45, 2.75) is 62.1 Å². The molecular weight excluding hydrogens is 600 g/mol. The first-order valence-corrected chi connectivity index (χ1v) is 16.6. The topological polar surface area (TPSA) is 162 Å². The van der Waals surface area contributed by atoms with E-state index in [0.717, 1.165) is 17.8 Å². The summed E-state index contributed by atoms with van der Waals surface area (Å²) in [7, 11) is -3.35. The Bertz CT molecular complexity index is 1720. The molecule has 4 atom stereocenters. The Kier molecular flexibility index (Phi) is 7.74. The zero-order chi connectivity index (χ0) is 30.6. The van der Waals surface area contributed by atoms with E-state index in [9.17, 15) is 37.9 Å². The highest BCUT2D eigenvalue weighted by Crippen LogP contribution is 2.53. The molecule has 12 nitrogen and oxygen atoms in total. The van der Waals surface area contributed by atoms with Gasteiger partial charge in [0, 0.05) is 48.6 Å². The number of benzene rings is 1. The van der Waals surface area contributed by atoms with Crippen LogP contribution in [0.15, 0.2) is 41.6 Å². The lowest BCUT2D eigenvalue weighted by atomic mass is 9.92. The van der Waals surface area contributed by atoms with E-state index in [2.05, 4.69) is 10.3 Å². The lowest BCUT2D eigenvalue weighted by Gasteiger charge is -2.42. The molecule has 0 radical (unpaired) electrons. The van der Waals surface area contributed by atoms with Gasteiger partial charge in [-0.2, -0.15) is 0 Å². The lowest BCUT2D eigenvalue weighted by molar-refractivity contribution is -0.148. The monoisotopic (exact) mass is 631 g/mol. The van der Waals surface area contributed by atoms with Gasteiger partial charge in [0.15, 0.2) is 0 Å². The molecule has 3 amide bonds. The highest BCUT2D eigenvalue weighted by molar-refractivity contribution is 7.51. The van der Waals surface area contributed by atoms with Crippen molar-refractivity contribution in [1.82, 2.24) is 24.7 Å². The number of halogens is 1. The molecule has 3 aliphatic heterocycles. The predicted molar refractivity (Wildman–Crippen MR) is 155 cm³/mol. The molecule has 43 heavy (non-hydrogen) atoms. The number of carbonyl (C=O) groups is 3. The van der Waals surface area contributed by atoms with Crippen molar-refractivity contribution in [2.75, 3.05) is 13.1 Å². The Morgan fingerprint density at radius 1 is 1.14 bits per heavy atom. The van der Waals surface area contributed by atoms with Crippen molar-refractivity contribution in [3.05, 3.63) is 63.1 Å². The van der Waals surface area contributed by atoms with Gasteiger partial charge < -0.3 is 29.5 Å². The number of thiophene rings is 1. The number of aromatic nitrogens is 2. The smallest absolute Gasteiger partial charge is 0.340 e. The lowest BCUT2D eigenvalue weighted by Crippen LogP contribution is -2.59. The minimum Gasteiger partial charge on any atom is -0.340 e. The molecule has 3 fully saturated rings. The van der Waals surface area contributed by atoms with Gasteiger partial charge in [0.2, 0.25) is 17.7 Å². The second kappa shape index (κ2) is 11.2. The van der Waals surface area contributed by atoms with Gasteiger partial charge in [0.05, 0.1) is 11.2 Å². The molecule has 15 heteroatoms. The van der Waals surface area contributed by atoms with E-state index in [0.29, 0.717) is 54.4 Å². The Morgan fingerprint density at radius 3 is 2.65 bits per heavy atom. The number of amides is 3. The summed E-state index contributed by atoms with van der Waals surface area (Å²) in [5.74, 6) is -3.51. The van der Waals surface area contributed by atoms with Gasteiger partial charge >= 0.3 is 7.60 Å². The molecule has 2 aromatic heterocycles. The fraction of sp³-hybridized carbons (Fsp3) is 0.464. The highest BCUT2D eigenvalue weighted by Gasteiger charge is 2.47. The van der Waals surface area contributed by atoms with Crippen LogP contribution in [0.2, 0.25) is 0 Å². The fourth-order valence-electron chi connectivity index (χ4n) is 6.35. The Labute approximate surface area is 249 Å². The zero-order valence-corrected chi connectivity index (χ0v) is 25.0. The summed E-state index contributed by atoms with van der Waals surface area (Å²) in [5, 5.41) is 3.29. The number of likely N-dealkylation sites (tertiary alicyclic amines) is 1. The zero-order valence-electron chi connectivity index (χ0n) is 23.3. The third kappa shape index (κ3) is 5.52. The third-order valence-electron chi connectivity index (χ3n) is 8.66. The van der Waals surface area contributed by atoms with Gasteiger partial charge in [0.1, 0.15) is 12.1 Å². The largest absolute Gasteiger partial charge is 0.363 e. The Morgan fingerprint density at radius 2 is 1.91 bits per heavy atom. The summed E-state index contributed by atoms with van der Waals surface area (Å²) in [6, 6.07) is 4.06. The van der Waals surface area contributed by atoms with E-state index in [-0.39, 0.29) is 39.8 Å². The number of rotatable bonds is 6. The van der Waals surface area contributed by atoms with Gasteiger partial charge in [-0.25, -0.2) is 9.37 Å². The van der Waals surface area contributed by atoms with Crippen LogP contribution in [0.3, 0.4) is 0 Å². The van der Waals surface area contributed by atoms with Crippen LogP contribution in [0, 0.1) is 0 Å². The first-order chi connectivity index (χ1) is 20.4. The second-order valence-corrected chi connectivity index (χ2v) is 14.2. The molecular formula is C28H31FN5O7PS. The minimum atomic E-state index is -4.98. The number of alkyl halides is 1. The average Bonchev–Trinajstić information content (AvgIpc) is 3.53. The van der Waals surface area contributed by atoms with E-state index in [4.69, 9.17) is 0 Å². The molecule has 5 heterocycles. The number of hydrogen-bond donors (Lipinski definition) is 3. The van der Waals surface area contributed by atoms with Crippen LogP contribution >= 0.6 is 18.9 Å². The number of nitrogens with one attached hydrogen (secondary N) is 1. The molecule has 0 bridgehead atoms. The molecule has 3 aliphatic rings. The number of aryl methyl sites for hydroxylation is 1. The molecule has 228 valence electrons. The van der Waals surface area contributed by atoms with E-state index >= 15 is 0 Å². The molecule has 1 unspecified atom stereocenters. The maximum absolute atomic E-state index is 14.2. The standard InChI is InChI=1S/C28H31FN5O7PS/c1-32-14-30-11-19(26(32)36)17-12-33(13-17)28(38)21-7-6-18-3-2-4-20(27(37)34(18)21)31-25(35)23-10-16-9-15(5-8-22(16)43-23)24(29)42(39,40)41/h5,8-11,14,17-18,20-21,24H,2-4,6-7,12-13H2,1H3,(H,31,35)(H2,39,40,41)/t18-,20-,21-,24?/m0/s1. The number of hydrogen-bond acceptors (Lipinski definition) is 7. The summed E-state index contributed by atoms with van der Waals surface area (Å²) < 4.78 is 27.6. The summed E-state index contributed by atoms with van der Waals surface area (Å²) >= 11 is 1.13. The van der Waals surface area contributed by atoms with Crippen LogP contribution in [0.25, 0.3) is 10.1 Å². The molecule has 3 N–H and O–H groups in total. The van der Waals surface area contributed by atoms with Crippen LogP contribution in [0.1, 0.15) is 64.7 Å². The maximum atomic E-state index is 14.2. The number of fused-ring (bicyclic) bond motifs is 2. The molecule has 0 spiro atoms. The van der Waals surface area contributed by atoms with Crippen molar-refractivity contribution in [3.8, 4) is 0 Å². The van der Waals surface area contributed by atoms with Crippen molar-refractivity contribution in [2.24, 2.45) is 7.05 Å². The molecule has 3 aromatic rings. The highest BCUT2D eigenvalue weighted by atomic mass is 32.1. The summed E-state index contributed by atoms with van der Waals surface area (Å²) in [5.41, 5.74) is 0.244. The van der Waals surface area contributed by atoms with Gasteiger partial charge in [-0.3, -0.25) is 23.7 Å². The molecule has 1 aromatic carbocycles. The Hall–Kier alpha value is -3.45. The quantitative estimate of drug-likeness (QED) is 0.350. The predicted octanol–water partition coefficient (Wildman–Crippen LogP) is 2.41. The molecule has 0 saturated carbocycles. The van der Waals surface area contributed by atoms with Gasteiger partial charge in [0.25, 0.3) is 11.5 Å². The van der Waals surface area contributed by atoms with Crippen molar-refractivity contribution < 1.29 is 33.1 Å². The van der Waals surface area contributed by atoms with Crippen molar-refractivity contribution in [1.29, 1.82) is 0 Å². The third-order valence-corrected chi connectivity index (χ3v) is 10.7.